The van der Waals surface area contributed by atoms with Crippen LogP contribution in [-0.2, 0) is 23.4 Å². The summed E-state index contributed by atoms with van der Waals surface area (Å²) in [5, 5.41) is 4.96. The number of aryl methyl sites for hydroxylation is 2. The van der Waals surface area contributed by atoms with Gasteiger partial charge in [0, 0.05) is 39.8 Å². The smallest absolute Gasteiger partial charge is 0.262 e. The Morgan fingerprint density at radius 2 is 1.38 bits per heavy atom. The highest BCUT2D eigenvalue weighted by Gasteiger charge is 2.56. The van der Waals surface area contributed by atoms with Crippen molar-refractivity contribution in [1.29, 1.82) is 0 Å². The van der Waals surface area contributed by atoms with E-state index in [-0.39, 0.29) is 5.91 Å². The van der Waals surface area contributed by atoms with E-state index >= 15 is 4.79 Å². The van der Waals surface area contributed by atoms with Gasteiger partial charge in [0.25, 0.3) is 5.91 Å². The molecule has 1 amide bonds. The number of amides is 1. The van der Waals surface area contributed by atoms with Crippen LogP contribution in [0.2, 0.25) is 0 Å². The SMILES string of the molecule is Cc1ccc(CN2C(=O)C3(Nc4cc(C)ccc4-c4c3c3ccccc3n4Cc3ccccc3)c3ccccc32)cc1. The van der Waals surface area contributed by atoms with Crippen molar-refractivity contribution in [2.75, 3.05) is 10.2 Å². The Balaban J connectivity index is 1.42. The van der Waals surface area contributed by atoms with Crippen LogP contribution in [0.3, 0.4) is 0 Å². The maximum absolute atomic E-state index is 15.1. The Kier molecular flexibility index (Phi) is 5.42. The van der Waals surface area contributed by atoms with E-state index in [0.29, 0.717) is 13.1 Å². The largest absolute Gasteiger partial charge is 0.363 e. The predicted molar refractivity (Wildman–Crippen MR) is 171 cm³/mol. The summed E-state index contributed by atoms with van der Waals surface area (Å²) in [4.78, 5) is 17.1. The Morgan fingerprint density at radius 1 is 0.690 bits per heavy atom. The molecule has 1 spiro atoms. The average molecular weight is 546 g/mol. The van der Waals surface area contributed by atoms with E-state index in [4.69, 9.17) is 0 Å². The van der Waals surface area contributed by atoms with Crippen molar-refractivity contribution in [3.8, 4) is 11.3 Å². The van der Waals surface area contributed by atoms with Crippen LogP contribution in [0, 0.1) is 13.8 Å². The molecular weight excluding hydrogens is 514 g/mol. The molecule has 0 radical (unpaired) electrons. The predicted octanol–water partition coefficient (Wildman–Crippen LogP) is 8.19. The molecule has 1 N–H and O–H groups in total. The zero-order valence-corrected chi connectivity index (χ0v) is 23.8. The van der Waals surface area contributed by atoms with Crippen molar-refractivity contribution in [2.45, 2.75) is 32.5 Å². The maximum atomic E-state index is 15.1. The molecule has 2 aliphatic heterocycles. The first-order valence-corrected chi connectivity index (χ1v) is 14.6. The highest BCUT2D eigenvalue weighted by atomic mass is 16.2. The first-order valence-electron chi connectivity index (χ1n) is 14.6. The minimum absolute atomic E-state index is 0.0558. The maximum Gasteiger partial charge on any atom is 0.262 e. The molecule has 5 aromatic carbocycles. The lowest BCUT2D eigenvalue weighted by atomic mass is 9.77. The normalized spacial score (nSPS) is 16.8. The Hall–Kier alpha value is -5.09. The van der Waals surface area contributed by atoms with Gasteiger partial charge in [-0.25, -0.2) is 0 Å². The fourth-order valence-corrected chi connectivity index (χ4v) is 6.97. The van der Waals surface area contributed by atoms with Crippen LogP contribution in [0.5, 0.6) is 0 Å². The Morgan fingerprint density at radius 3 is 2.21 bits per heavy atom. The number of aromatic nitrogens is 1. The number of carbonyl (C=O) groups excluding carboxylic acids is 1. The summed E-state index contributed by atoms with van der Waals surface area (Å²) in [7, 11) is 0. The first-order chi connectivity index (χ1) is 20.5. The van der Waals surface area contributed by atoms with Crippen LogP contribution in [0.15, 0.2) is 121 Å². The Labute approximate surface area is 245 Å². The Bertz CT molecular complexity index is 2000. The van der Waals surface area contributed by atoms with E-state index < -0.39 is 5.54 Å². The summed E-state index contributed by atoms with van der Waals surface area (Å²) < 4.78 is 2.41. The molecule has 8 rings (SSSR count). The second-order valence-corrected chi connectivity index (χ2v) is 11.6. The molecule has 3 heterocycles. The summed E-state index contributed by atoms with van der Waals surface area (Å²) in [5.41, 5.74) is 11.0. The molecule has 0 aliphatic carbocycles. The molecule has 1 atom stereocenters. The number of hydrogen-bond acceptors (Lipinski definition) is 2. The van der Waals surface area contributed by atoms with Crippen LogP contribution >= 0.6 is 0 Å². The monoisotopic (exact) mass is 545 g/mol. The third kappa shape index (κ3) is 3.51. The molecule has 2 aliphatic rings. The van der Waals surface area contributed by atoms with E-state index in [0.717, 1.165) is 55.8 Å². The first kappa shape index (κ1) is 24.7. The van der Waals surface area contributed by atoms with Crippen molar-refractivity contribution in [3.05, 3.63) is 155 Å². The molecule has 0 saturated heterocycles. The van der Waals surface area contributed by atoms with Crippen LogP contribution in [0.25, 0.3) is 22.2 Å². The molecule has 0 bridgehead atoms. The van der Waals surface area contributed by atoms with Gasteiger partial charge in [0.05, 0.1) is 17.9 Å². The third-order valence-electron chi connectivity index (χ3n) is 8.91. The molecule has 42 heavy (non-hydrogen) atoms. The number of nitrogens with one attached hydrogen (secondary N) is 1. The number of anilines is 2. The number of rotatable bonds is 4. The summed E-state index contributed by atoms with van der Waals surface area (Å²) in [6, 6.07) is 42.5. The van der Waals surface area contributed by atoms with E-state index in [1.54, 1.807) is 0 Å². The molecular formula is C38H31N3O. The highest BCUT2D eigenvalue weighted by molar-refractivity contribution is 6.17. The van der Waals surface area contributed by atoms with E-state index in [1.165, 1.54) is 11.1 Å². The quantitative estimate of drug-likeness (QED) is 0.242. The molecule has 6 aromatic rings. The van der Waals surface area contributed by atoms with Crippen molar-refractivity contribution in [1.82, 2.24) is 4.57 Å². The number of nitrogens with zero attached hydrogens (tertiary/aromatic N) is 2. The summed E-state index contributed by atoms with van der Waals surface area (Å²) in [5.74, 6) is 0.0558. The van der Waals surface area contributed by atoms with Gasteiger partial charge >= 0.3 is 0 Å². The lowest BCUT2D eigenvalue weighted by molar-refractivity contribution is -0.121. The van der Waals surface area contributed by atoms with E-state index in [2.05, 4.69) is 139 Å². The van der Waals surface area contributed by atoms with Crippen LogP contribution in [-0.4, -0.2) is 10.5 Å². The molecule has 4 heteroatoms. The number of carbonyl (C=O) groups is 1. The summed E-state index contributed by atoms with van der Waals surface area (Å²) in [6.45, 7) is 5.42. The second kappa shape index (κ2) is 9.22. The number of para-hydroxylation sites is 2. The van der Waals surface area contributed by atoms with Gasteiger partial charge in [-0.05, 0) is 48.7 Å². The summed E-state index contributed by atoms with van der Waals surface area (Å²) >= 11 is 0. The number of hydrogen-bond donors (Lipinski definition) is 1. The molecule has 0 saturated carbocycles. The minimum atomic E-state index is -1.06. The average Bonchev–Trinajstić information content (AvgIpc) is 3.45. The molecule has 0 fully saturated rings. The van der Waals surface area contributed by atoms with Crippen LogP contribution < -0.4 is 10.2 Å². The standard InChI is InChI=1S/C38H31N3O/c1-25-16-19-28(20-17-25)24-41-34-15-9-7-13-31(34)38(37(41)42)35-30-12-6-8-14-33(30)40(23-27-10-4-3-5-11-27)36(35)29-21-18-26(2)22-32(29)39-38/h3-22,39H,23-24H2,1-2H3. The summed E-state index contributed by atoms with van der Waals surface area (Å²) in [6.07, 6.45) is 0. The third-order valence-corrected chi connectivity index (χ3v) is 8.91. The van der Waals surface area contributed by atoms with Crippen LogP contribution in [0.4, 0.5) is 11.4 Å². The van der Waals surface area contributed by atoms with Gasteiger partial charge in [-0.15, -0.1) is 0 Å². The fourth-order valence-electron chi connectivity index (χ4n) is 6.97. The topological polar surface area (TPSA) is 37.3 Å². The van der Waals surface area contributed by atoms with Crippen LogP contribution in [0.1, 0.15) is 33.4 Å². The highest BCUT2D eigenvalue weighted by Crippen LogP contribution is 2.56. The number of benzene rings is 5. The van der Waals surface area contributed by atoms with Crippen molar-refractivity contribution >= 4 is 28.2 Å². The lowest BCUT2D eigenvalue weighted by Gasteiger charge is -2.37. The molecule has 1 unspecified atom stereocenters. The van der Waals surface area contributed by atoms with Gasteiger partial charge in [0.2, 0.25) is 0 Å². The van der Waals surface area contributed by atoms with Crippen molar-refractivity contribution in [2.24, 2.45) is 0 Å². The molecule has 204 valence electrons. The van der Waals surface area contributed by atoms with E-state index in [1.807, 2.05) is 11.0 Å². The van der Waals surface area contributed by atoms with Crippen molar-refractivity contribution < 1.29 is 4.79 Å². The van der Waals surface area contributed by atoms with Gasteiger partial charge in [-0.2, -0.15) is 0 Å². The second-order valence-electron chi connectivity index (χ2n) is 11.6. The zero-order valence-electron chi connectivity index (χ0n) is 23.8. The number of fused-ring (bicyclic) bond motifs is 8. The van der Waals surface area contributed by atoms with Gasteiger partial charge in [0.1, 0.15) is 0 Å². The fraction of sp³-hybridized carbons (Fsp3) is 0.132. The minimum Gasteiger partial charge on any atom is -0.363 e. The van der Waals surface area contributed by atoms with Crippen molar-refractivity contribution in [3.63, 3.8) is 0 Å². The zero-order chi connectivity index (χ0) is 28.4. The van der Waals surface area contributed by atoms with Gasteiger partial charge in [-0.1, -0.05) is 109 Å². The van der Waals surface area contributed by atoms with Gasteiger partial charge in [0.15, 0.2) is 5.54 Å². The van der Waals surface area contributed by atoms with Gasteiger partial charge in [-0.3, -0.25) is 4.79 Å². The lowest BCUT2D eigenvalue weighted by Crippen LogP contribution is -2.48. The molecule has 4 nitrogen and oxygen atoms in total. The van der Waals surface area contributed by atoms with E-state index in [9.17, 15) is 0 Å². The van der Waals surface area contributed by atoms with Gasteiger partial charge < -0.3 is 14.8 Å². The molecule has 1 aromatic heterocycles.